The standard InChI is InChI=1S/C31H21NO.C25H15BrO.C6H7N/c1-2-10-21(11-3-1)32-22-18-19-24-23-12-4-5-13-25(23)31(28(24)20-22)26-14-6-8-16-29(26)33-30-17-9-7-15-27(30)31;26-16-13-14-18-17-7-1-2-8-19(17)25(22(18)15-16)20-9-3-5-11-23(20)27-24-12-6-4-10-21(24)25;7-6-4-2-1-3-5-6/h1-20,32H;1-15H;1-5H,7H2. The largest absolute Gasteiger partial charge is 0.457 e. The number of hydrogen-bond donors (Lipinski definition) is 2. The molecule has 0 unspecified atom stereocenters. The van der Waals surface area contributed by atoms with Gasteiger partial charge in [-0.05, 0) is 117 Å². The molecule has 4 aliphatic rings. The molecule has 2 spiro atoms. The van der Waals surface area contributed by atoms with Gasteiger partial charge in [0.2, 0.25) is 0 Å². The second kappa shape index (κ2) is 16.4. The third-order valence-electron chi connectivity index (χ3n) is 13.5. The zero-order valence-corrected chi connectivity index (χ0v) is 38.0. The van der Waals surface area contributed by atoms with Gasteiger partial charge in [-0.3, -0.25) is 0 Å². The van der Waals surface area contributed by atoms with Crippen LogP contribution in [-0.4, -0.2) is 0 Å². The third-order valence-corrected chi connectivity index (χ3v) is 14.0. The van der Waals surface area contributed by atoms with Crippen molar-refractivity contribution >= 4 is 33.0 Å². The number of nitrogens with two attached hydrogens (primary N) is 1. The van der Waals surface area contributed by atoms with E-state index in [1.54, 1.807) is 0 Å². The Kier molecular flexibility index (Phi) is 9.88. The zero-order chi connectivity index (χ0) is 45.0. The molecule has 2 aliphatic heterocycles. The van der Waals surface area contributed by atoms with Crippen molar-refractivity contribution in [2.75, 3.05) is 11.1 Å². The second-order valence-electron chi connectivity index (χ2n) is 17.1. The van der Waals surface area contributed by atoms with Gasteiger partial charge >= 0.3 is 0 Å². The van der Waals surface area contributed by atoms with Crippen LogP contribution < -0.4 is 20.5 Å². The number of ether oxygens (including phenoxy) is 2. The van der Waals surface area contributed by atoms with E-state index in [4.69, 9.17) is 15.2 Å². The normalized spacial score (nSPS) is 13.7. The Balaban J connectivity index is 0.000000124. The molecule has 10 aromatic rings. The number of benzene rings is 10. The van der Waals surface area contributed by atoms with E-state index in [9.17, 15) is 0 Å². The highest BCUT2D eigenvalue weighted by atomic mass is 79.9. The summed E-state index contributed by atoms with van der Waals surface area (Å²) in [5.41, 5.74) is 22.7. The van der Waals surface area contributed by atoms with Crippen LogP contribution in [0.2, 0.25) is 0 Å². The summed E-state index contributed by atoms with van der Waals surface area (Å²) in [4.78, 5) is 0. The van der Waals surface area contributed by atoms with Crippen molar-refractivity contribution in [3.05, 3.63) is 292 Å². The molecule has 2 heterocycles. The summed E-state index contributed by atoms with van der Waals surface area (Å²) in [5.74, 6) is 3.69. The Morgan fingerprint density at radius 3 is 1.12 bits per heavy atom. The molecule has 0 atom stereocenters. The summed E-state index contributed by atoms with van der Waals surface area (Å²) in [5, 5.41) is 3.60. The zero-order valence-electron chi connectivity index (χ0n) is 36.4. The fraction of sp³-hybridized carbons (Fsp3) is 0.0323. The minimum atomic E-state index is -0.425. The maximum absolute atomic E-state index is 6.40. The van der Waals surface area contributed by atoms with Crippen LogP contribution in [0.1, 0.15) is 44.5 Å². The van der Waals surface area contributed by atoms with Gasteiger partial charge in [0.05, 0.1) is 10.8 Å². The topological polar surface area (TPSA) is 56.5 Å². The lowest BCUT2D eigenvalue weighted by Gasteiger charge is -2.39. The van der Waals surface area contributed by atoms with E-state index >= 15 is 0 Å². The van der Waals surface area contributed by atoms with Gasteiger partial charge in [-0.2, -0.15) is 0 Å². The van der Waals surface area contributed by atoms with Crippen molar-refractivity contribution < 1.29 is 9.47 Å². The van der Waals surface area contributed by atoms with Crippen LogP contribution in [0.25, 0.3) is 22.3 Å². The van der Waals surface area contributed by atoms with Crippen molar-refractivity contribution in [3.63, 3.8) is 0 Å². The van der Waals surface area contributed by atoms with Crippen molar-refractivity contribution in [1.82, 2.24) is 0 Å². The van der Waals surface area contributed by atoms with Crippen LogP contribution in [0.15, 0.2) is 247 Å². The average molecular weight is 928 g/mol. The Morgan fingerprint density at radius 2 is 0.672 bits per heavy atom. The quantitative estimate of drug-likeness (QED) is 0.170. The lowest BCUT2D eigenvalue weighted by molar-refractivity contribution is 0.436. The summed E-state index contributed by atoms with van der Waals surface area (Å²) in [6.07, 6.45) is 0. The first-order valence-electron chi connectivity index (χ1n) is 22.6. The van der Waals surface area contributed by atoms with E-state index in [-0.39, 0.29) is 5.41 Å². The number of nitrogen functional groups attached to an aromatic ring is 1. The molecule has 0 amide bonds. The number of anilines is 3. The molecule has 67 heavy (non-hydrogen) atoms. The number of para-hydroxylation sites is 6. The molecule has 0 bridgehead atoms. The molecule has 0 saturated heterocycles. The van der Waals surface area contributed by atoms with Gasteiger partial charge in [-0.15, -0.1) is 0 Å². The minimum absolute atomic E-state index is 0.360. The molecule has 0 saturated carbocycles. The van der Waals surface area contributed by atoms with E-state index in [0.717, 1.165) is 44.5 Å². The van der Waals surface area contributed by atoms with Gasteiger partial charge in [0.25, 0.3) is 0 Å². The summed E-state index contributed by atoms with van der Waals surface area (Å²) in [6.45, 7) is 0. The molecule has 0 fully saturated rings. The molecule has 2 aliphatic carbocycles. The minimum Gasteiger partial charge on any atom is -0.457 e. The molecule has 320 valence electrons. The molecule has 10 aromatic carbocycles. The summed E-state index contributed by atoms with van der Waals surface area (Å²) >= 11 is 3.71. The highest BCUT2D eigenvalue weighted by molar-refractivity contribution is 9.10. The van der Waals surface area contributed by atoms with Crippen LogP contribution in [-0.2, 0) is 10.8 Å². The Bertz CT molecular complexity index is 3400. The Hall–Kier alpha value is -8.12. The molecular weight excluding hydrogens is 885 g/mol. The van der Waals surface area contributed by atoms with Crippen molar-refractivity contribution in [1.29, 1.82) is 0 Å². The van der Waals surface area contributed by atoms with Crippen LogP contribution in [0, 0.1) is 0 Å². The van der Waals surface area contributed by atoms with Gasteiger partial charge in [-0.1, -0.05) is 186 Å². The third kappa shape index (κ3) is 6.41. The van der Waals surface area contributed by atoms with E-state index in [1.807, 2.05) is 48.5 Å². The van der Waals surface area contributed by atoms with Gasteiger partial charge in [0, 0.05) is 43.8 Å². The number of rotatable bonds is 2. The number of hydrogen-bond acceptors (Lipinski definition) is 4. The average Bonchev–Trinajstić information content (AvgIpc) is 3.82. The number of halogens is 1. The van der Waals surface area contributed by atoms with Gasteiger partial charge in [0.15, 0.2) is 0 Å². The maximum Gasteiger partial charge on any atom is 0.132 e. The van der Waals surface area contributed by atoms with Crippen LogP contribution >= 0.6 is 15.9 Å². The second-order valence-corrected chi connectivity index (χ2v) is 18.0. The molecule has 5 heteroatoms. The lowest BCUT2D eigenvalue weighted by atomic mass is 9.66. The number of nitrogens with one attached hydrogen (secondary N) is 1. The molecular formula is C62H43BrN2O2. The first-order chi connectivity index (χ1) is 33.0. The van der Waals surface area contributed by atoms with E-state index in [1.165, 1.54) is 66.8 Å². The van der Waals surface area contributed by atoms with Gasteiger partial charge < -0.3 is 20.5 Å². The van der Waals surface area contributed by atoms with Crippen LogP contribution in [0.3, 0.4) is 0 Å². The van der Waals surface area contributed by atoms with Crippen molar-refractivity contribution in [3.8, 4) is 45.3 Å². The maximum atomic E-state index is 6.40. The van der Waals surface area contributed by atoms with E-state index in [2.05, 4.69) is 215 Å². The van der Waals surface area contributed by atoms with Crippen molar-refractivity contribution in [2.24, 2.45) is 0 Å². The molecule has 4 nitrogen and oxygen atoms in total. The SMILES string of the molecule is Brc1ccc2c(c1)C1(c3ccccc3Oc3ccccc31)c1ccccc1-2.Nc1ccccc1.c1ccc(Nc2ccc3c(c2)C2(c4ccccc4Oc4ccccc42)c2ccccc2-3)cc1. The fourth-order valence-electron chi connectivity index (χ4n) is 10.9. The summed E-state index contributed by atoms with van der Waals surface area (Å²) in [7, 11) is 0. The van der Waals surface area contributed by atoms with Gasteiger partial charge in [0.1, 0.15) is 23.0 Å². The summed E-state index contributed by atoms with van der Waals surface area (Å²) in [6, 6.07) is 84.6. The highest BCUT2D eigenvalue weighted by Gasteiger charge is 2.52. The summed E-state index contributed by atoms with van der Waals surface area (Å²) < 4.78 is 13.8. The fourth-order valence-corrected chi connectivity index (χ4v) is 11.3. The lowest BCUT2D eigenvalue weighted by Crippen LogP contribution is -2.32. The molecule has 0 aromatic heterocycles. The smallest absolute Gasteiger partial charge is 0.132 e. The van der Waals surface area contributed by atoms with E-state index in [0.29, 0.717) is 0 Å². The van der Waals surface area contributed by atoms with Crippen molar-refractivity contribution in [2.45, 2.75) is 10.8 Å². The predicted molar refractivity (Wildman–Crippen MR) is 276 cm³/mol. The first kappa shape index (κ1) is 40.4. The number of fused-ring (bicyclic) bond motifs is 18. The molecule has 0 radical (unpaired) electrons. The van der Waals surface area contributed by atoms with Gasteiger partial charge in [-0.25, -0.2) is 0 Å². The molecule has 3 N–H and O–H groups in total. The van der Waals surface area contributed by atoms with Crippen LogP contribution in [0.4, 0.5) is 17.1 Å². The van der Waals surface area contributed by atoms with Crippen LogP contribution in [0.5, 0.6) is 23.0 Å². The highest BCUT2D eigenvalue weighted by Crippen LogP contribution is 2.64. The first-order valence-corrected chi connectivity index (χ1v) is 23.3. The monoisotopic (exact) mass is 926 g/mol. The predicted octanol–water partition coefficient (Wildman–Crippen LogP) is 16.1. The Labute approximate surface area is 399 Å². The molecule has 14 rings (SSSR count). The Morgan fingerprint density at radius 1 is 0.313 bits per heavy atom. The van der Waals surface area contributed by atoms with E-state index < -0.39 is 5.41 Å².